The molecule has 0 fully saturated rings. The summed E-state index contributed by atoms with van der Waals surface area (Å²) in [5, 5.41) is 18.7. The Bertz CT molecular complexity index is 653. The van der Waals surface area contributed by atoms with Gasteiger partial charge in [0.05, 0.1) is 4.92 Å². The van der Waals surface area contributed by atoms with Crippen molar-refractivity contribution in [2.24, 2.45) is 5.73 Å². The summed E-state index contributed by atoms with van der Waals surface area (Å²) in [5.74, 6) is -0.377. The SMILES string of the molecule is N=C(N)c1c(-c2ccccc2)ccc(N)c1[N+](=O)[O-]. The minimum Gasteiger partial charge on any atom is -0.393 e. The van der Waals surface area contributed by atoms with Crippen LogP contribution in [0.5, 0.6) is 0 Å². The number of benzene rings is 2. The van der Waals surface area contributed by atoms with Gasteiger partial charge in [-0.1, -0.05) is 36.4 Å². The number of nitro groups is 1. The molecule has 19 heavy (non-hydrogen) atoms. The van der Waals surface area contributed by atoms with Gasteiger partial charge in [0.25, 0.3) is 0 Å². The standard InChI is InChI=1S/C13H12N4O2/c14-10-7-6-9(8-4-2-1-3-5-8)11(13(15)16)12(10)17(18)19/h1-7H,14H2,(H3,15,16). The van der Waals surface area contributed by atoms with Crippen LogP contribution in [0.4, 0.5) is 11.4 Å². The Morgan fingerprint density at radius 1 is 1.16 bits per heavy atom. The highest BCUT2D eigenvalue weighted by Gasteiger charge is 2.24. The van der Waals surface area contributed by atoms with E-state index >= 15 is 0 Å². The molecule has 0 radical (unpaired) electrons. The van der Waals surface area contributed by atoms with Crippen molar-refractivity contribution in [2.75, 3.05) is 5.73 Å². The quantitative estimate of drug-likeness (QED) is 0.256. The van der Waals surface area contributed by atoms with E-state index in [2.05, 4.69) is 0 Å². The van der Waals surface area contributed by atoms with E-state index in [-0.39, 0.29) is 22.8 Å². The highest BCUT2D eigenvalue weighted by atomic mass is 16.6. The monoisotopic (exact) mass is 256 g/mol. The number of anilines is 1. The topological polar surface area (TPSA) is 119 Å². The summed E-state index contributed by atoms with van der Waals surface area (Å²) in [5.41, 5.74) is 12.1. The molecule has 0 saturated heterocycles. The maximum atomic E-state index is 11.1. The van der Waals surface area contributed by atoms with Crippen LogP contribution in [0.25, 0.3) is 11.1 Å². The lowest BCUT2D eigenvalue weighted by molar-refractivity contribution is -0.384. The zero-order valence-corrected chi connectivity index (χ0v) is 9.96. The van der Waals surface area contributed by atoms with Crippen molar-refractivity contribution in [3.63, 3.8) is 0 Å². The van der Waals surface area contributed by atoms with Gasteiger partial charge in [-0.15, -0.1) is 0 Å². The van der Waals surface area contributed by atoms with Gasteiger partial charge in [0, 0.05) is 0 Å². The van der Waals surface area contributed by atoms with Gasteiger partial charge < -0.3 is 11.5 Å². The fraction of sp³-hybridized carbons (Fsp3) is 0. The Morgan fingerprint density at radius 3 is 2.32 bits per heavy atom. The zero-order valence-electron chi connectivity index (χ0n) is 9.96. The van der Waals surface area contributed by atoms with Crippen LogP contribution in [0.2, 0.25) is 0 Å². The van der Waals surface area contributed by atoms with E-state index in [1.807, 2.05) is 6.07 Å². The Labute approximate surface area is 109 Å². The molecule has 2 aromatic carbocycles. The minimum atomic E-state index is -0.613. The average Bonchev–Trinajstić information content (AvgIpc) is 2.38. The molecule has 0 saturated carbocycles. The Morgan fingerprint density at radius 2 is 1.79 bits per heavy atom. The molecule has 0 aliphatic heterocycles. The third kappa shape index (κ3) is 2.23. The smallest absolute Gasteiger partial charge is 0.303 e. The van der Waals surface area contributed by atoms with Crippen molar-refractivity contribution in [1.29, 1.82) is 5.41 Å². The van der Waals surface area contributed by atoms with E-state index in [1.54, 1.807) is 30.3 Å². The van der Waals surface area contributed by atoms with Crippen molar-refractivity contribution >= 4 is 17.2 Å². The molecule has 0 atom stereocenters. The first-order valence-corrected chi connectivity index (χ1v) is 5.49. The first-order chi connectivity index (χ1) is 9.02. The number of hydrogen-bond donors (Lipinski definition) is 3. The van der Waals surface area contributed by atoms with E-state index < -0.39 is 4.92 Å². The fourth-order valence-electron chi connectivity index (χ4n) is 1.93. The highest BCUT2D eigenvalue weighted by Crippen LogP contribution is 2.34. The second-order valence-electron chi connectivity index (χ2n) is 3.96. The third-order valence-electron chi connectivity index (χ3n) is 2.75. The number of nitrogens with one attached hydrogen (secondary N) is 1. The summed E-state index contributed by atoms with van der Waals surface area (Å²) in [6.45, 7) is 0. The fourth-order valence-corrected chi connectivity index (χ4v) is 1.93. The number of nitrogens with two attached hydrogens (primary N) is 2. The molecule has 0 spiro atoms. The Balaban J connectivity index is 2.80. The first kappa shape index (κ1) is 12.6. The van der Waals surface area contributed by atoms with Gasteiger partial charge in [-0.25, -0.2) is 0 Å². The Hall–Kier alpha value is -2.89. The number of rotatable bonds is 3. The molecule has 96 valence electrons. The molecule has 5 N–H and O–H groups in total. The van der Waals surface area contributed by atoms with Gasteiger partial charge in [-0.2, -0.15) is 0 Å². The van der Waals surface area contributed by atoms with E-state index in [9.17, 15) is 10.1 Å². The summed E-state index contributed by atoms with van der Waals surface area (Å²) in [6.07, 6.45) is 0. The second kappa shape index (κ2) is 4.77. The maximum Gasteiger partial charge on any atom is 0.303 e. The average molecular weight is 256 g/mol. The van der Waals surface area contributed by atoms with Crippen molar-refractivity contribution < 1.29 is 4.92 Å². The van der Waals surface area contributed by atoms with Crippen LogP contribution in [0.3, 0.4) is 0 Å². The molecule has 6 heteroatoms. The number of nitrogens with zero attached hydrogens (tertiary/aromatic N) is 1. The van der Waals surface area contributed by atoms with Crippen molar-refractivity contribution in [1.82, 2.24) is 0 Å². The Kier molecular flexibility index (Phi) is 3.15. The van der Waals surface area contributed by atoms with Gasteiger partial charge in [0.2, 0.25) is 0 Å². The molecule has 0 aliphatic rings. The van der Waals surface area contributed by atoms with E-state index in [0.717, 1.165) is 5.56 Å². The molecule has 2 rings (SSSR count). The van der Waals surface area contributed by atoms with Crippen LogP contribution in [0.15, 0.2) is 42.5 Å². The largest absolute Gasteiger partial charge is 0.393 e. The molecule has 0 aliphatic carbocycles. The van der Waals surface area contributed by atoms with Crippen LogP contribution < -0.4 is 11.5 Å². The molecule has 0 aromatic heterocycles. The van der Waals surface area contributed by atoms with Gasteiger partial charge in [0.1, 0.15) is 17.1 Å². The first-order valence-electron chi connectivity index (χ1n) is 5.49. The number of amidine groups is 1. The lowest BCUT2D eigenvalue weighted by Crippen LogP contribution is -2.16. The van der Waals surface area contributed by atoms with E-state index in [0.29, 0.717) is 5.56 Å². The van der Waals surface area contributed by atoms with E-state index in [1.165, 1.54) is 6.07 Å². The van der Waals surface area contributed by atoms with E-state index in [4.69, 9.17) is 16.9 Å². The highest BCUT2D eigenvalue weighted by molar-refractivity contribution is 6.07. The maximum absolute atomic E-state index is 11.1. The molecular formula is C13H12N4O2. The van der Waals surface area contributed by atoms with Crippen molar-refractivity contribution in [3.05, 3.63) is 58.1 Å². The molecule has 2 aromatic rings. The van der Waals surface area contributed by atoms with Gasteiger partial charge >= 0.3 is 5.69 Å². The van der Waals surface area contributed by atoms with Crippen LogP contribution in [0, 0.1) is 15.5 Å². The number of nitro benzene ring substituents is 1. The molecule has 0 bridgehead atoms. The van der Waals surface area contributed by atoms with Crippen LogP contribution in [-0.2, 0) is 0 Å². The lowest BCUT2D eigenvalue weighted by Gasteiger charge is -2.10. The third-order valence-corrected chi connectivity index (χ3v) is 2.75. The second-order valence-corrected chi connectivity index (χ2v) is 3.96. The van der Waals surface area contributed by atoms with Gasteiger partial charge in [0.15, 0.2) is 0 Å². The summed E-state index contributed by atoms with van der Waals surface area (Å²) >= 11 is 0. The number of nitrogen functional groups attached to an aromatic ring is 2. The van der Waals surface area contributed by atoms with Gasteiger partial charge in [-0.3, -0.25) is 15.5 Å². The summed E-state index contributed by atoms with van der Waals surface area (Å²) < 4.78 is 0. The molecule has 0 amide bonds. The molecule has 6 nitrogen and oxygen atoms in total. The summed E-state index contributed by atoms with van der Waals surface area (Å²) in [4.78, 5) is 10.5. The lowest BCUT2D eigenvalue weighted by atomic mass is 9.96. The zero-order chi connectivity index (χ0) is 14.0. The van der Waals surface area contributed by atoms with Crippen molar-refractivity contribution in [3.8, 4) is 11.1 Å². The van der Waals surface area contributed by atoms with Crippen LogP contribution in [-0.4, -0.2) is 10.8 Å². The van der Waals surface area contributed by atoms with Crippen molar-refractivity contribution in [2.45, 2.75) is 0 Å². The summed E-state index contributed by atoms with van der Waals surface area (Å²) in [7, 11) is 0. The van der Waals surface area contributed by atoms with Gasteiger partial charge in [-0.05, 0) is 17.2 Å². The minimum absolute atomic E-state index is 0.00474. The normalized spacial score (nSPS) is 10.1. The molecular weight excluding hydrogens is 244 g/mol. The van der Waals surface area contributed by atoms with Crippen LogP contribution in [0.1, 0.15) is 5.56 Å². The molecule has 0 unspecified atom stereocenters. The van der Waals surface area contributed by atoms with Crippen LogP contribution >= 0.6 is 0 Å². The number of hydrogen-bond acceptors (Lipinski definition) is 4. The predicted molar refractivity (Wildman–Crippen MR) is 74.0 cm³/mol. The summed E-state index contributed by atoms with van der Waals surface area (Å²) in [6, 6.07) is 12.1. The molecule has 0 heterocycles. The predicted octanol–water partition coefficient (Wildman–Crippen LogP) is 2.13.